The molecule has 0 spiro atoms. The summed E-state index contributed by atoms with van der Waals surface area (Å²) in [5.41, 5.74) is 9.43. The number of aliphatic imine (C=N–C) groups is 1. The molecule has 2 aliphatic rings. The number of aryl methyl sites for hydroxylation is 2. The lowest BCUT2D eigenvalue weighted by Crippen LogP contribution is -2.27. The topological polar surface area (TPSA) is 125 Å². The van der Waals surface area contributed by atoms with Crippen LogP contribution in [0.3, 0.4) is 0 Å². The van der Waals surface area contributed by atoms with Crippen molar-refractivity contribution in [3.05, 3.63) is 151 Å². The number of rotatable bonds is 14. The van der Waals surface area contributed by atoms with E-state index in [1.54, 1.807) is 17.4 Å². The van der Waals surface area contributed by atoms with Gasteiger partial charge < -0.3 is 14.8 Å². The van der Waals surface area contributed by atoms with Crippen LogP contribution in [0, 0.1) is 20.8 Å². The number of benzene rings is 4. The second-order valence-corrected chi connectivity index (χ2v) is 16.3. The molecule has 59 heavy (non-hydrogen) atoms. The first kappa shape index (κ1) is 41.7. The van der Waals surface area contributed by atoms with E-state index in [4.69, 9.17) is 26.1 Å². The van der Waals surface area contributed by atoms with Gasteiger partial charge in [0, 0.05) is 58.8 Å². The second kappa shape index (κ2) is 18.3. The fourth-order valence-corrected chi connectivity index (χ4v) is 8.82. The van der Waals surface area contributed by atoms with Crippen molar-refractivity contribution < 1.29 is 23.9 Å². The molecule has 1 aliphatic carbocycles. The van der Waals surface area contributed by atoms with Crippen molar-refractivity contribution in [3.8, 4) is 21.9 Å². The zero-order valence-corrected chi connectivity index (χ0v) is 35.6. The molecule has 8 rings (SSSR count). The Morgan fingerprint density at radius 1 is 0.864 bits per heavy atom. The van der Waals surface area contributed by atoms with Gasteiger partial charge in [0.05, 0.1) is 18.9 Å². The first-order chi connectivity index (χ1) is 28.1. The van der Waals surface area contributed by atoms with Crippen LogP contribution in [0.1, 0.15) is 72.7 Å². The van der Waals surface area contributed by atoms with Gasteiger partial charge in [0.25, 0.3) is 5.91 Å². The lowest BCUT2D eigenvalue weighted by Gasteiger charge is -2.13. The molecule has 0 bridgehead atoms. The molecule has 1 aliphatic heterocycles. The molecular formula is C46H44ClN5O5S2. The summed E-state index contributed by atoms with van der Waals surface area (Å²) in [4.78, 5) is 44.7. The monoisotopic (exact) mass is 845 g/mol. The molecule has 0 radical (unpaired) electrons. The summed E-state index contributed by atoms with van der Waals surface area (Å²) < 4.78 is 13.6. The standard InChI is InChI=1S/C46H42ClN5O5S.H2S/c1-27-28(2)58-46-42(27)43(31-11-13-37(47)14-12-31)49-41(44-51-50-29(3)52(44)46)26-38(53)21-30-7-15-40(16-8-30)57-20-19-56-18-17-48-45(55)35-6-4-5-32(22-35)33-9-10-34-24-39(54)25-36(34)23-33;/h4-16,22-23,41H,17-21,24-26H2,1-3H3,(H,48,55);1H2/t41-;/m0./s1. The molecule has 4 aromatic carbocycles. The minimum Gasteiger partial charge on any atom is -0.491 e. The van der Waals surface area contributed by atoms with Crippen LogP contribution in [0.5, 0.6) is 5.75 Å². The average molecular weight is 846 g/mol. The van der Waals surface area contributed by atoms with Crippen molar-refractivity contribution in [2.24, 2.45) is 4.99 Å². The average Bonchev–Trinajstić information content (AvgIpc) is 3.86. The third-order valence-corrected chi connectivity index (χ3v) is 12.0. The Labute approximate surface area is 359 Å². The summed E-state index contributed by atoms with van der Waals surface area (Å²) >= 11 is 7.93. The van der Waals surface area contributed by atoms with Gasteiger partial charge in [0.1, 0.15) is 40.8 Å². The van der Waals surface area contributed by atoms with Crippen molar-refractivity contribution in [1.29, 1.82) is 0 Å². The Kier molecular flexibility index (Phi) is 12.9. The largest absolute Gasteiger partial charge is 0.491 e. The Morgan fingerprint density at radius 3 is 2.41 bits per heavy atom. The summed E-state index contributed by atoms with van der Waals surface area (Å²) in [7, 11) is 0. The highest BCUT2D eigenvalue weighted by atomic mass is 35.5. The van der Waals surface area contributed by atoms with Crippen molar-refractivity contribution in [2.75, 3.05) is 26.4 Å². The van der Waals surface area contributed by atoms with Gasteiger partial charge in [0.15, 0.2) is 5.82 Å². The molecule has 10 nitrogen and oxygen atoms in total. The lowest BCUT2D eigenvalue weighted by molar-refractivity contribution is -0.119. The minimum absolute atomic E-state index is 0. The molecule has 6 aromatic rings. The number of hydrogen-bond donors (Lipinski definition) is 1. The summed E-state index contributed by atoms with van der Waals surface area (Å²) in [6, 6.07) is 28.2. The molecule has 1 N–H and O–H groups in total. The van der Waals surface area contributed by atoms with Gasteiger partial charge in [-0.05, 0) is 90.6 Å². The smallest absolute Gasteiger partial charge is 0.251 e. The number of ketones is 2. The zero-order chi connectivity index (χ0) is 40.3. The number of nitrogens with zero attached hydrogens (tertiary/aromatic N) is 4. The van der Waals surface area contributed by atoms with E-state index in [0.29, 0.717) is 61.4 Å². The fourth-order valence-electron chi connectivity index (χ4n) is 7.48. The Bertz CT molecular complexity index is 2560. The third-order valence-electron chi connectivity index (χ3n) is 10.6. The highest BCUT2D eigenvalue weighted by Crippen LogP contribution is 2.40. The van der Waals surface area contributed by atoms with Crippen LogP contribution in [0.25, 0.3) is 16.1 Å². The number of hydrogen-bond acceptors (Lipinski definition) is 9. The maximum Gasteiger partial charge on any atom is 0.251 e. The quantitative estimate of drug-likeness (QED) is 0.110. The number of carbonyl (C=O) groups is 3. The van der Waals surface area contributed by atoms with E-state index in [0.717, 1.165) is 61.0 Å². The molecule has 0 fully saturated rings. The van der Waals surface area contributed by atoms with Gasteiger partial charge in [0.2, 0.25) is 0 Å². The first-order valence-electron chi connectivity index (χ1n) is 19.3. The number of fused-ring (bicyclic) bond motifs is 4. The van der Waals surface area contributed by atoms with Crippen LogP contribution in [0.2, 0.25) is 5.02 Å². The maximum absolute atomic E-state index is 13.6. The van der Waals surface area contributed by atoms with Gasteiger partial charge in [-0.15, -0.1) is 21.5 Å². The normalized spacial score (nSPS) is 14.1. The van der Waals surface area contributed by atoms with Gasteiger partial charge in [-0.2, -0.15) is 13.5 Å². The van der Waals surface area contributed by atoms with Crippen molar-refractivity contribution in [1.82, 2.24) is 20.1 Å². The molecule has 1 amide bonds. The lowest BCUT2D eigenvalue weighted by atomic mass is 9.99. The zero-order valence-electron chi connectivity index (χ0n) is 33.0. The van der Waals surface area contributed by atoms with Gasteiger partial charge in [-0.25, -0.2) is 0 Å². The van der Waals surface area contributed by atoms with Gasteiger partial charge in [-0.1, -0.05) is 66.2 Å². The van der Waals surface area contributed by atoms with Crippen molar-refractivity contribution in [2.45, 2.75) is 52.5 Å². The van der Waals surface area contributed by atoms with Crippen LogP contribution in [0.4, 0.5) is 0 Å². The predicted molar refractivity (Wildman–Crippen MR) is 236 cm³/mol. The molecule has 302 valence electrons. The summed E-state index contributed by atoms with van der Waals surface area (Å²) in [5.74, 6) is 2.17. The van der Waals surface area contributed by atoms with Crippen LogP contribution >= 0.6 is 36.4 Å². The molecule has 0 saturated heterocycles. The number of ether oxygens (including phenoxy) is 2. The maximum atomic E-state index is 13.6. The minimum atomic E-state index is -0.518. The fraction of sp³-hybridized carbons (Fsp3) is 0.261. The summed E-state index contributed by atoms with van der Waals surface area (Å²) in [5, 5.41) is 13.5. The van der Waals surface area contributed by atoms with Crippen LogP contribution < -0.4 is 10.1 Å². The second-order valence-electron chi connectivity index (χ2n) is 14.6. The number of thiophene rings is 1. The van der Waals surface area contributed by atoms with E-state index in [-0.39, 0.29) is 43.8 Å². The Morgan fingerprint density at radius 2 is 1.61 bits per heavy atom. The summed E-state index contributed by atoms with van der Waals surface area (Å²) in [6.45, 7) is 7.51. The number of nitrogens with one attached hydrogen (secondary N) is 1. The van der Waals surface area contributed by atoms with E-state index in [1.807, 2.05) is 91.9 Å². The highest BCUT2D eigenvalue weighted by molar-refractivity contribution is 7.59. The van der Waals surface area contributed by atoms with Crippen LogP contribution in [-0.4, -0.2) is 64.3 Å². The summed E-state index contributed by atoms with van der Waals surface area (Å²) in [6.07, 6.45) is 1.38. The van der Waals surface area contributed by atoms with Gasteiger partial charge in [-0.3, -0.25) is 23.9 Å². The van der Waals surface area contributed by atoms with Gasteiger partial charge >= 0.3 is 0 Å². The van der Waals surface area contributed by atoms with Crippen LogP contribution in [0.15, 0.2) is 96.0 Å². The number of amides is 1. The molecule has 0 unspecified atom stereocenters. The van der Waals surface area contributed by atoms with E-state index in [1.165, 1.54) is 4.88 Å². The van der Waals surface area contributed by atoms with E-state index < -0.39 is 6.04 Å². The molecule has 0 saturated carbocycles. The number of carbonyl (C=O) groups excluding carboxylic acids is 3. The first-order valence-corrected chi connectivity index (χ1v) is 20.5. The molecule has 1 atom stereocenters. The Balaban J connectivity index is 0.00000528. The molecule has 3 heterocycles. The van der Waals surface area contributed by atoms with E-state index in [2.05, 4.69) is 33.9 Å². The SMILES string of the molecule is Cc1sc2c(c1C)C(c1ccc(Cl)cc1)=N[C@@H](CC(=O)Cc1ccc(OCCOCCNC(=O)c3cccc(-c4ccc5c(c4)CC(=O)C5)c3)cc1)c1nnc(C)n1-2.S. The van der Waals surface area contributed by atoms with E-state index in [9.17, 15) is 14.4 Å². The van der Waals surface area contributed by atoms with Crippen molar-refractivity contribution in [3.63, 3.8) is 0 Å². The van der Waals surface area contributed by atoms with Crippen molar-refractivity contribution >= 4 is 59.6 Å². The third kappa shape index (κ3) is 9.26. The predicted octanol–water partition coefficient (Wildman–Crippen LogP) is 8.27. The molecular weight excluding hydrogens is 802 g/mol. The number of halogens is 1. The number of aromatic nitrogens is 3. The molecule has 2 aromatic heterocycles. The highest BCUT2D eigenvalue weighted by Gasteiger charge is 2.32. The van der Waals surface area contributed by atoms with E-state index >= 15 is 0 Å². The van der Waals surface area contributed by atoms with Crippen LogP contribution in [-0.2, 0) is 33.6 Å². The number of Topliss-reactive ketones (excluding diaryl/α,β-unsaturated/α-hetero) is 2. The Hall–Kier alpha value is -5.40. The molecule has 13 heteroatoms.